The molecular formula is C14H25N3O2S2. The summed E-state index contributed by atoms with van der Waals surface area (Å²) in [5.74, 6) is 0.421. The van der Waals surface area contributed by atoms with Crippen LogP contribution in [0.5, 0.6) is 0 Å². The number of hydrogen-bond acceptors (Lipinski definition) is 4. The summed E-state index contributed by atoms with van der Waals surface area (Å²) < 4.78 is 28.4. The average molecular weight is 332 g/mol. The third kappa shape index (κ3) is 4.50. The lowest BCUT2D eigenvalue weighted by molar-refractivity contribution is 0.249. The molecule has 120 valence electrons. The first-order chi connectivity index (χ1) is 10.0. The number of thiophene rings is 1. The summed E-state index contributed by atoms with van der Waals surface area (Å²) in [5, 5.41) is 5.17. The Hall–Kier alpha value is -0.470. The van der Waals surface area contributed by atoms with Gasteiger partial charge in [0.1, 0.15) is 0 Å². The van der Waals surface area contributed by atoms with Gasteiger partial charge in [0.05, 0.1) is 0 Å². The molecule has 1 aliphatic rings. The summed E-state index contributed by atoms with van der Waals surface area (Å²) in [6.07, 6.45) is 2.83. The Morgan fingerprint density at radius 1 is 1.52 bits per heavy atom. The average Bonchev–Trinajstić information content (AvgIpc) is 2.98. The lowest BCUT2D eigenvalue weighted by Gasteiger charge is -2.34. The van der Waals surface area contributed by atoms with Gasteiger partial charge < -0.3 is 5.32 Å². The van der Waals surface area contributed by atoms with Crippen LogP contribution in [0, 0.1) is 5.92 Å². The zero-order chi connectivity index (χ0) is 15.3. The van der Waals surface area contributed by atoms with Crippen LogP contribution in [-0.2, 0) is 16.6 Å². The second kappa shape index (κ2) is 7.69. The summed E-state index contributed by atoms with van der Waals surface area (Å²) in [4.78, 5) is 1.23. The van der Waals surface area contributed by atoms with E-state index in [0.717, 1.165) is 25.8 Å². The molecule has 1 saturated heterocycles. The third-order valence-electron chi connectivity index (χ3n) is 3.95. The van der Waals surface area contributed by atoms with E-state index in [1.54, 1.807) is 22.7 Å². The van der Waals surface area contributed by atoms with Gasteiger partial charge >= 0.3 is 0 Å². The molecule has 0 aromatic carbocycles. The van der Waals surface area contributed by atoms with E-state index in [1.165, 1.54) is 9.18 Å². The fourth-order valence-electron chi connectivity index (χ4n) is 2.73. The minimum Gasteiger partial charge on any atom is -0.319 e. The number of likely N-dealkylation sites (N-methyl/N-ethyl adjacent to an activating group) is 1. The maximum Gasteiger partial charge on any atom is 0.281 e. The molecule has 2 rings (SSSR count). The lowest BCUT2D eigenvalue weighted by Crippen LogP contribution is -2.48. The maximum absolute atomic E-state index is 12.6. The van der Waals surface area contributed by atoms with Crippen LogP contribution in [-0.4, -0.2) is 57.3 Å². The Balaban J connectivity index is 1.92. The molecule has 21 heavy (non-hydrogen) atoms. The number of nitrogens with zero attached hydrogens (tertiary/aromatic N) is 2. The van der Waals surface area contributed by atoms with Crippen LogP contribution in [0.2, 0.25) is 0 Å². The molecule has 1 aliphatic heterocycles. The van der Waals surface area contributed by atoms with Gasteiger partial charge in [-0.1, -0.05) is 6.07 Å². The smallest absolute Gasteiger partial charge is 0.281 e. The van der Waals surface area contributed by atoms with Crippen LogP contribution in [0.25, 0.3) is 0 Å². The Kier molecular flexibility index (Phi) is 6.19. The summed E-state index contributed by atoms with van der Waals surface area (Å²) in [6.45, 7) is 2.69. The first-order valence-corrected chi connectivity index (χ1v) is 9.70. The van der Waals surface area contributed by atoms with Gasteiger partial charge in [0.25, 0.3) is 10.2 Å². The van der Waals surface area contributed by atoms with Crippen molar-refractivity contribution < 1.29 is 8.42 Å². The van der Waals surface area contributed by atoms with Crippen molar-refractivity contribution in [2.45, 2.75) is 19.3 Å². The highest BCUT2D eigenvalue weighted by atomic mass is 32.2. The van der Waals surface area contributed by atoms with Crippen LogP contribution in [0.3, 0.4) is 0 Å². The van der Waals surface area contributed by atoms with Crippen molar-refractivity contribution >= 4 is 21.5 Å². The van der Waals surface area contributed by atoms with Crippen LogP contribution in [0.15, 0.2) is 17.5 Å². The van der Waals surface area contributed by atoms with Crippen molar-refractivity contribution in [3.63, 3.8) is 0 Å². The molecule has 1 aromatic heterocycles. The van der Waals surface area contributed by atoms with Gasteiger partial charge in [-0.3, -0.25) is 0 Å². The Bertz CT molecular complexity index is 514. The molecule has 0 amide bonds. The maximum atomic E-state index is 12.6. The molecule has 1 atom stereocenters. The Morgan fingerprint density at radius 2 is 2.33 bits per heavy atom. The van der Waals surface area contributed by atoms with E-state index in [1.807, 2.05) is 18.5 Å². The van der Waals surface area contributed by atoms with E-state index in [0.29, 0.717) is 25.6 Å². The van der Waals surface area contributed by atoms with Crippen molar-refractivity contribution in [3.05, 3.63) is 22.4 Å². The van der Waals surface area contributed by atoms with E-state index in [2.05, 4.69) is 11.4 Å². The summed E-state index contributed by atoms with van der Waals surface area (Å²) in [6, 6.07) is 4.05. The molecule has 2 heterocycles. The molecule has 0 aliphatic carbocycles. The number of hydrogen-bond donors (Lipinski definition) is 1. The predicted octanol–water partition coefficient (Wildman–Crippen LogP) is 1.40. The second-order valence-corrected chi connectivity index (χ2v) is 8.65. The van der Waals surface area contributed by atoms with Crippen molar-refractivity contribution in [3.8, 4) is 0 Å². The van der Waals surface area contributed by atoms with Gasteiger partial charge in [0, 0.05) is 31.6 Å². The van der Waals surface area contributed by atoms with E-state index in [9.17, 15) is 8.42 Å². The predicted molar refractivity (Wildman–Crippen MR) is 87.8 cm³/mol. The summed E-state index contributed by atoms with van der Waals surface area (Å²) in [5.41, 5.74) is 0. The van der Waals surface area contributed by atoms with Crippen LogP contribution < -0.4 is 5.32 Å². The van der Waals surface area contributed by atoms with Gasteiger partial charge in [-0.2, -0.15) is 17.0 Å². The zero-order valence-corrected chi connectivity index (χ0v) is 14.4. The minimum absolute atomic E-state index is 0.421. The number of rotatable bonds is 7. The number of piperidine rings is 1. The molecule has 1 unspecified atom stereocenters. The van der Waals surface area contributed by atoms with Crippen molar-refractivity contribution in [1.29, 1.82) is 0 Å². The van der Waals surface area contributed by atoms with Crippen LogP contribution in [0.4, 0.5) is 0 Å². The Labute approximate surface area is 132 Å². The SMILES string of the molecule is CNCC1CCCN(S(=O)(=O)N(C)CCc2cccs2)C1. The quantitative estimate of drug-likeness (QED) is 0.822. The van der Waals surface area contributed by atoms with Crippen molar-refractivity contribution in [2.75, 3.05) is 40.3 Å². The highest BCUT2D eigenvalue weighted by Crippen LogP contribution is 2.20. The van der Waals surface area contributed by atoms with E-state index < -0.39 is 10.2 Å². The summed E-state index contributed by atoms with van der Waals surface area (Å²) >= 11 is 1.67. The molecule has 0 bridgehead atoms. The van der Waals surface area contributed by atoms with Crippen molar-refractivity contribution in [2.24, 2.45) is 5.92 Å². The molecule has 1 fully saturated rings. The lowest BCUT2D eigenvalue weighted by atomic mass is 10.00. The van der Waals surface area contributed by atoms with Gasteiger partial charge in [-0.15, -0.1) is 11.3 Å². The molecule has 7 heteroatoms. The highest BCUT2D eigenvalue weighted by molar-refractivity contribution is 7.86. The van der Waals surface area contributed by atoms with Crippen LogP contribution >= 0.6 is 11.3 Å². The monoisotopic (exact) mass is 331 g/mol. The fourth-order valence-corrected chi connectivity index (χ4v) is 4.90. The van der Waals surface area contributed by atoms with Crippen LogP contribution in [0.1, 0.15) is 17.7 Å². The van der Waals surface area contributed by atoms with Gasteiger partial charge in [0.2, 0.25) is 0 Å². The van der Waals surface area contributed by atoms with Gasteiger partial charge in [0.15, 0.2) is 0 Å². The minimum atomic E-state index is -3.32. The molecular weight excluding hydrogens is 306 g/mol. The fraction of sp³-hybridized carbons (Fsp3) is 0.714. The number of nitrogens with one attached hydrogen (secondary N) is 1. The first kappa shape index (κ1) is 16.9. The highest BCUT2D eigenvalue weighted by Gasteiger charge is 2.31. The molecule has 1 aromatic rings. The van der Waals surface area contributed by atoms with E-state index in [-0.39, 0.29) is 0 Å². The molecule has 0 radical (unpaired) electrons. The molecule has 0 saturated carbocycles. The normalized spacial score (nSPS) is 21.0. The standard InChI is InChI=1S/C14H25N3O2S2/c1-15-11-13-5-3-8-17(12-13)21(18,19)16(2)9-7-14-6-4-10-20-14/h4,6,10,13,15H,3,5,7-9,11-12H2,1-2H3. The Morgan fingerprint density at radius 3 is 3.00 bits per heavy atom. The zero-order valence-electron chi connectivity index (χ0n) is 12.8. The van der Waals surface area contributed by atoms with Crippen molar-refractivity contribution in [1.82, 2.24) is 13.9 Å². The second-order valence-electron chi connectivity index (χ2n) is 5.58. The van der Waals surface area contributed by atoms with E-state index in [4.69, 9.17) is 0 Å². The largest absolute Gasteiger partial charge is 0.319 e. The van der Waals surface area contributed by atoms with Gasteiger partial charge in [-0.05, 0) is 50.2 Å². The first-order valence-electron chi connectivity index (χ1n) is 7.42. The third-order valence-corrected chi connectivity index (χ3v) is 6.84. The summed E-state index contributed by atoms with van der Waals surface area (Å²) in [7, 11) is 0.279. The van der Waals surface area contributed by atoms with Gasteiger partial charge in [-0.25, -0.2) is 0 Å². The topological polar surface area (TPSA) is 52.7 Å². The molecule has 1 N–H and O–H groups in total. The van der Waals surface area contributed by atoms with E-state index >= 15 is 0 Å². The molecule has 5 nitrogen and oxygen atoms in total. The molecule has 0 spiro atoms.